The third-order valence-corrected chi connectivity index (χ3v) is 6.70. The van der Waals surface area contributed by atoms with Crippen molar-refractivity contribution in [3.05, 3.63) is 101 Å². The number of pyridine rings is 1. The van der Waals surface area contributed by atoms with Crippen molar-refractivity contribution >= 4 is 52.8 Å². The molecular formula is C32H24ClF9N6O6. The summed E-state index contributed by atoms with van der Waals surface area (Å²) in [5, 5.41) is 23.7. The number of anilines is 3. The summed E-state index contributed by atoms with van der Waals surface area (Å²) >= 11 is 6.39. The monoisotopic (exact) mass is 794 g/mol. The Morgan fingerprint density at radius 2 is 1.52 bits per heavy atom. The van der Waals surface area contributed by atoms with Crippen molar-refractivity contribution < 1.29 is 68.8 Å². The smallest absolute Gasteiger partial charge is 0.475 e. The summed E-state index contributed by atoms with van der Waals surface area (Å²) in [4.78, 5) is 43.6. The van der Waals surface area contributed by atoms with Crippen LogP contribution in [0.4, 0.5) is 56.8 Å². The number of nitrogens with one attached hydrogen (secondary N) is 3. The molecule has 0 fully saturated rings. The molecule has 2 aromatic carbocycles. The van der Waals surface area contributed by atoms with Crippen molar-refractivity contribution in [1.82, 2.24) is 20.3 Å². The van der Waals surface area contributed by atoms with E-state index in [0.717, 1.165) is 17.8 Å². The van der Waals surface area contributed by atoms with Gasteiger partial charge in [0.05, 0.1) is 28.4 Å². The van der Waals surface area contributed by atoms with E-state index in [0.29, 0.717) is 48.0 Å². The van der Waals surface area contributed by atoms with E-state index in [1.807, 2.05) is 12.1 Å². The number of amides is 1. The number of aromatic nitrogens is 3. The maximum atomic E-state index is 13.0. The Labute approximate surface area is 302 Å². The van der Waals surface area contributed by atoms with E-state index >= 15 is 0 Å². The number of carbonyl (C=O) groups excluding carboxylic acids is 1. The van der Waals surface area contributed by atoms with Crippen molar-refractivity contribution in [3.8, 4) is 11.5 Å². The standard InChI is InChI=1S/C28H22ClF3N6O2.2C2HF3O2/c29-23-14-19(7-8-24(23)40-21-6-3-4-18(13-21)28(30,31)32)38-26-22-12-17(9-11-34-25(22)36-16-37-26)27(39)35-15-20-5-1-2-10-33-20;2*3-2(4,5)1(6)7/h1-8,10,12-14,16H,9,11,15H2,(H,35,39)(H2,34,36,37,38);2*(H,6,7). The highest BCUT2D eigenvalue weighted by molar-refractivity contribution is 6.32. The second-order valence-corrected chi connectivity index (χ2v) is 10.7. The molecule has 12 nitrogen and oxygen atoms in total. The first-order chi connectivity index (χ1) is 25.1. The molecule has 5 N–H and O–H groups in total. The van der Waals surface area contributed by atoms with E-state index in [4.69, 9.17) is 36.1 Å². The lowest BCUT2D eigenvalue weighted by molar-refractivity contribution is -0.193. The van der Waals surface area contributed by atoms with Crippen LogP contribution in [0.2, 0.25) is 5.02 Å². The molecule has 288 valence electrons. The lowest BCUT2D eigenvalue weighted by atomic mass is 10.1. The summed E-state index contributed by atoms with van der Waals surface area (Å²) in [6, 6.07) is 14.8. The number of benzene rings is 2. The largest absolute Gasteiger partial charge is 0.490 e. The van der Waals surface area contributed by atoms with Crippen LogP contribution < -0.4 is 20.7 Å². The molecule has 4 aromatic rings. The van der Waals surface area contributed by atoms with Crippen molar-refractivity contribution in [1.29, 1.82) is 0 Å². The summed E-state index contributed by atoms with van der Waals surface area (Å²) in [6.07, 6.45) is -9.40. The Balaban J connectivity index is 0.000000476. The van der Waals surface area contributed by atoms with Gasteiger partial charge in [-0.1, -0.05) is 23.7 Å². The lowest BCUT2D eigenvalue weighted by Crippen LogP contribution is -2.25. The third kappa shape index (κ3) is 13.1. The summed E-state index contributed by atoms with van der Waals surface area (Å²) in [7, 11) is 0. The van der Waals surface area contributed by atoms with Crippen LogP contribution in [-0.2, 0) is 27.1 Å². The van der Waals surface area contributed by atoms with Gasteiger partial charge in [-0.15, -0.1) is 0 Å². The molecule has 0 spiro atoms. The highest BCUT2D eigenvalue weighted by Gasteiger charge is 2.39. The SMILES string of the molecule is O=C(NCc1ccccn1)C1=Cc2c(ncnc2Nc2ccc(Oc3cccc(C(F)(F)F)c3)c(Cl)c2)NCC1.O=C(O)C(F)(F)F.O=C(O)C(F)(F)F. The molecule has 0 bridgehead atoms. The van der Waals surface area contributed by atoms with Crippen LogP contribution in [0, 0.1) is 0 Å². The van der Waals surface area contributed by atoms with Crippen LogP contribution in [-0.4, -0.2) is 61.9 Å². The van der Waals surface area contributed by atoms with Gasteiger partial charge in [0.2, 0.25) is 5.91 Å². The molecule has 54 heavy (non-hydrogen) atoms. The first-order valence-electron chi connectivity index (χ1n) is 14.6. The summed E-state index contributed by atoms with van der Waals surface area (Å²) in [5.41, 5.74) is 1.59. The molecule has 22 heteroatoms. The number of hydrogen-bond acceptors (Lipinski definition) is 9. The first-order valence-corrected chi connectivity index (χ1v) is 15.0. The average molecular weight is 795 g/mol. The van der Waals surface area contributed by atoms with Crippen molar-refractivity contribution in [3.63, 3.8) is 0 Å². The average Bonchev–Trinajstić information content (AvgIpc) is 3.32. The molecule has 1 aliphatic rings. The molecule has 2 aromatic heterocycles. The number of nitrogens with zero attached hydrogens (tertiary/aromatic N) is 3. The van der Waals surface area contributed by atoms with Gasteiger partial charge in [0, 0.05) is 24.0 Å². The molecule has 0 unspecified atom stereocenters. The molecular weight excluding hydrogens is 771 g/mol. The van der Waals surface area contributed by atoms with Crippen LogP contribution >= 0.6 is 11.6 Å². The van der Waals surface area contributed by atoms with Gasteiger partial charge in [0.15, 0.2) is 0 Å². The molecule has 5 rings (SSSR count). The Morgan fingerprint density at radius 1 is 0.852 bits per heavy atom. The van der Waals surface area contributed by atoms with Gasteiger partial charge in [-0.05, 0) is 61.0 Å². The van der Waals surface area contributed by atoms with Crippen LogP contribution in [0.15, 0.2) is 78.8 Å². The third-order valence-electron chi connectivity index (χ3n) is 6.41. The maximum Gasteiger partial charge on any atom is 0.490 e. The number of aliphatic carboxylic acids is 2. The molecule has 0 saturated carbocycles. The molecule has 0 atom stereocenters. The molecule has 1 amide bonds. The van der Waals surface area contributed by atoms with Crippen LogP contribution in [0.1, 0.15) is 23.2 Å². The van der Waals surface area contributed by atoms with Gasteiger partial charge in [0.1, 0.15) is 29.5 Å². The van der Waals surface area contributed by atoms with Gasteiger partial charge < -0.3 is 30.9 Å². The topological polar surface area (TPSA) is 176 Å². The van der Waals surface area contributed by atoms with Gasteiger partial charge in [-0.3, -0.25) is 9.78 Å². The Hall–Kier alpha value is -6.12. The molecule has 0 radical (unpaired) electrons. The number of hydrogen-bond donors (Lipinski definition) is 5. The Bertz CT molecular complexity index is 1950. The van der Waals surface area contributed by atoms with E-state index in [2.05, 4.69) is 30.9 Å². The number of halogens is 10. The Kier molecular flexibility index (Phi) is 14.2. The molecule has 3 heterocycles. The van der Waals surface area contributed by atoms with Crippen LogP contribution in [0.5, 0.6) is 11.5 Å². The van der Waals surface area contributed by atoms with E-state index in [1.54, 1.807) is 30.5 Å². The highest BCUT2D eigenvalue weighted by atomic mass is 35.5. The number of fused-ring (bicyclic) bond motifs is 1. The van der Waals surface area contributed by atoms with Crippen molar-refractivity contribution in [2.75, 3.05) is 17.2 Å². The summed E-state index contributed by atoms with van der Waals surface area (Å²) in [6.45, 7) is 0.792. The van der Waals surface area contributed by atoms with E-state index in [1.165, 1.54) is 24.5 Å². The summed E-state index contributed by atoms with van der Waals surface area (Å²) in [5.74, 6) is -4.57. The highest BCUT2D eigenvalue weighted by Crippen LogP contribution is 2.36. The number of carbonyl (C=O) groups is 3. The fraction of sp³-hybridized carbons (Fsp3) is 0.188. The Morgan fingerprint density at radius 3 is 2.09 bits per heavy atom. The van der Waals surface area contributed by atoms with Crippen LogP contribution in [0.25, 0.3) is 6.08 Å². The van der Waals surface area contributed by atoms with Gasteiger partial charge >= 0.3 is 30.5 Å². The quantitative estimate of drug-likeness (QED) is 0.115. The first kappa shape index (κ1) is 42.3. The van der Waals surface area contributed by atoms with Crippen molar-refractivity contribution in [2.24, 2.45) is 0 Å². The van der Waals surface area contributed by atoms with Gasteiger partial charge in [-0.2, -0.15) is 39.5 Å². The molecule has 1 aliphatic heterocycles. The predicted molar refractivity (Wildman–Crippen MR) is 173 cm³/mol. The van der Waals surface area contributed by atoms with E-state index < -0.39 is 36.0 Å². The number of ether oxygens (including phenoxy) is 1. The zero-order valence-electron chi connectivity index (χ0n) is 26.8. The fourth-order valence-electron chi connectivity index (χ4n) is 3.96. The maximum absolute atomic E-state index is 13.0. The van der Waals surface area contributed by atoms with E-state index in [-0.39, 0.29) is 22.4 Å². The van der Waals surface area contributed by atoms with Gasteiger partial charge in [-0.25, -0.2) is 19.6 Å². The summed E-state index contributed by atoms with van der Waals surface area (Å²) < 4.78 is 108. The minimum absolute atomic E-state index is 0.00335. The fourth-order valence-corrected chi connectivity index (χ4v) is 4.18. The van der Waals surface area contributed by atoms with Crippen molar-refractivity contribution in [2.45, 2.75) is 31.5 Å². The minimum Gasteiger partial charge on any atom is -0.475 e. The zero-order chi connectivity index (χ0) is 40.3. The predicted octanol–water partition coefficient (Wildman–Crippen LogP) is 7.86. The number of rotatable bonds is 7. The number of alkyl halides is 9. The second-order valence-electron chi connectivity index (χ2n) is 10.3. The van der Waals surface area contributed by atoms with Crippen LogP contribution in [0.3, 0.4) is 0 Å². The number of carboxylic acid groups (broad SMARTS) is 2. The number of carboxylic acids is 2. The second kappa shape index (κ2) is 18.1. The lowest BCUT2D eigenvalue weighted by Gasteiger charge is -2.14. The zero-order valence-corrected chi connectivity index (χ0v) is 27.5. The van der Waals surface area contributed by atoms with Gasteiger partial charge in [0.25, 0.3) is 0 Å². The molecule has 0 aliphatic carbocycles. The normalized spacial score (nSPS) is 12.4. The minimum atomic E-state index is -5.08. The van der Waals surface area contributed by atoms with E-state index in [9.17, 15) is 44.3 Å². The molecule has 0 saturated heterocycles.